The van der Waals surface area contributed by atoms with Crippen molar-refractivity contribution in [2.75, 3.05) is 13.7 Å². The van der Waals surface area contributed by atoms with Crippen LogP contribution in [0.25, 0.3) is 35.6 Å². The van der Waals surface area contributed by atoms with Gasteiger partial charge in [0.1, 0.15) is 18.3 Å². The van der Waals surface area contributed by atoms with Crippen LogP contribution in [-0.4, -0.2) is 51.8 Å². The molecule has 4 atom stereocenters. The van der Waals surface area contributed by atoms with E-state index in [1.807, 2.05) is 19.1 Å². The lowest BCUT2D eigenvalue weighted by Gasteiger charge is -2.26. The van der Waals surface area contributed by atoms with Crippen molar-refractivity contribution in [1.82, 2.24) is 20.3 Å². The third-order valence-corrected chi connectivity index (χ3v) is 11.9. The molecule has 1 unspecified atom stereocenters. The van der Waals surface area contributed by atoms with Gasteiger partial charge in [0, 0.05) is 56.6 Å². The van der Waals surface area contributed by atoms with Gasteiger partial charge in [-0.15, -0.1) is 0 Å². The summed E-state index contributed by atoms with van der Waals surface area (Å²) in [6.45, 7) is 19.2. The summed E-state index contributed by atoms with van der Waals surface area (Å²) in [6, 6.07) is -0.387. The number of aliphatic hydroxyl groups is 1. The molecule has 3 aliphatic rings. The minimum atomic E-state index is -0.987. The Morgan fingerprint density at radius 2 is 1.68 bits per heavy atom. The molecule has 5 heterocycles. The number of carbonyl (C=O) groups excluding carboxylic acids is 2. The number of aliphatic hydroxyl groups excluding tert-OH is 1. The summed E-state index contributed by atoms with van der Waals surface area (Å²) in [5, 5.41) is 19.0. The van der Waals surface area contributed by atoms with Crippen molar-refractivity contribution < 1.29 is 24.2 Å². The lowest BCUT2D eigenvalue weighted by molar-refractivity contribution is -0.143. The maximum absolute atomic E-state index is 13.5. The Morgan fingerprint density at radius 3 is 2.38 bits per heavy atom. The van der Waals surface area contributed by atoms with E-state index in [0.29, 0.717) is 11.6 Å². The van der Waals surface area contributed by atoms with E-state index in [9.17, 15) is 14.7 Å². The standard InChI is InChI=1S/C44H56N4O5/c1-10-13-14-15-23(4)18-19-53-37(49)17-16-30-26(7)33-20-31-24(5)28(11-2)35(45-31)21-32-25(6)29(12-3)36(46-32)22-34-27(8)38-42(48-34)39(41(30)47-33)40(43(38)50)44(51)52-9/h11,18,20-22,26,30,40-41,45-48,50H,2,10,12-17,19H2,1,3-9H3/b23-18+,32-21?,33-20-,36-22-/t26-,30-,40+,41?/m0/s1. The number of nitrogens with one attached hydrogen (secondary N) is 4. The minimum absolute atomic E-state index is 0.0182. The lowest BCUT2D eigenvalue weighted by Crippen LogP contribution is -2.38. The van der Waals surface area contributed by atoms with Crippen molar-refractivity contribution in [3.05, 3.63) is 90.1 Å². The number of hydrogen-bond donors (Lipinski definition) is 5. The van der Waals surface area contributed by atoms with E-state index in [0.717, 1.165) is 80.4 Å². The second-order valence-electron chi connectivity index (χ2n) is 15.0. The van der Waals surface area contributed by atoms with Crippen LogP contribution in [0.15, 0.2) is 23.9 Å². The number of aromatic amines is 3. The Kier molecular flexibility index (Phi) is 11.1. The fraction of sp³-hybridized carbons (Fsp3) is 0.455. The molecular weight excluding hydrogens is 665 g/mol. The van der Waals surface area contributed by atoms with Gasteiger partial charge in [0.2, 0.25) is 0 Å². The fourth-order valence-electron chi connectivity index (χ4n) is 8.67. The van der Waals surface area contributed by atoms with Crippen molar-refractivity contribution in [3.63, 3.8) is 0 Å². The molecule has 1 fully saturated rings. The second-order valence-corrected chi connectivity index (χ2v) is 15.0. The van der Waals surface area contributed by atoms with Crippen LogP contribution in [0.2, 0.25) is 0 Å². The zero-order valence-electron chi connectivity index (χ0n) is 32.6. The number of rotatable bonds is 12. The predicted molar refractivity (Wildman–Crippen MR) is 212 cm³/mol. The number of esters is 2. The quantitative estimate of drug-likeness (QED) is 0.0954. The van der Waals surface area contributed by atoms with Gasteiger partial charge < -0.3 is 34.8 Å². The first kappa shape index (κ1) is 37.8. The normalized spacial score (nSPS) is 22.1. The molecule has 2 aliphatic heterocycles. The molecule has 1 saturated heterocycles. The summed E-state index contributed by atoms with van der Waals surface area (Å²) in [5.41, 5.74) is 11.0. The molecule has 0 amide bonds. The summed E-state index contributed by atoms with van der Waals surface area (Å²) in [6.07, 6.45) is 16.4. The average Bonchev–Trinajstić information content (AvgIpc) is 3.87. The Balaban J connectivity index is 1.50. The van der Waals surface area contributed by atoms with Crippen LogP contribution >= 0.6 is 0 Å². The van der Waals surface area contributed by atoms with Crippen LogP contribution in [0.1, 0.15) is 111 Å². The van der Waals surface area contributed by atoms with Gasteiger partial charge in [0.25, 0.3) is 0 Å². The van der Waals surface area contributed by atoms with Gasteiger partial charge in [0.05, 0.1) is 18.5 Å². The van der Waals surface area contributed by atoms with E-state index in [-0.39, 0.29) is 42.6 Å². The summed E-state index contributed by atoms with van der Waals surface area (Å²) >= 11 is 0. The van der Waals surface area contributed by atoms with Crippen LogP contribution in [0.5, 0.6) is 0 Å². The monoisotopic (exact) mass is 720 g/mol. The molecule has 9 nitrogen and oxygen atoms in total. The van der Waals surface area contributed by atoms with Gasteiger partial charge in [0.15, 0.2) is 0 Å². The molecule has 3 aromatic heterocycles. The largest absolute Gasteiger partial charge is 0.510 e. The topological polar surface area (TPSA) is 132 Å². The number of ether oxygens (including phenoxy) is 2. The van der Waals surface area contributed by atoms with E-state index < -0.39 is 11.9 Å². The molecule has 8 bridgehead atoms. The van der Waals surface area contributed by atoms with Gasteiger partial charge >= 0.3 is 11.9 Å². The number of carbonyl (C=O) groups is 2. The van der Waals surface area contributed by atoms with Crippen molar-refractivity contribution in [3.8, 4) is 0 Å². The first-order valence-corrected chi connectivity index (χ1v) is 19.2. The van der Waals surface area contributed by atoms with E-state index in [1.54, 1.807) is 0 Å². The SMILES string of the molecule is C=Cc1c2[nH]c(c1C)/C=C1\NC(C3=c4[nH]c(c(C)c4=C(O)[C@@H]3C(=O)OC)/C=c3\[nH]c(c(C)c3CC)=C2)[C@@H](CCC(=O)OC/C=C(\C)CCCCC)[C@@H]1C. The van der Waals surface area contributed by atoms with Crippen molar-refractivity contribution >= 4 is 47.6 Å². The number of hydrogen-bond acceptors (Lipinski definition) is 6. The maximum atomic E-state index is 13.5. The number of methoxy groups -OCH3 is 1. The molecule has 0 aromatic carbocycles. The number of H-pyrrole nitrogens is 3. The van der Waals surface area contributed by atoms with Crippen molar-refractivity contribution in [2.24, 2.45) is 17.8 Å². The molecule has 9 heteroatoms. The number of unbranched alkanes of at least 4 members (excludes halogenated alkanes) is 2. The minimum Gasteiger partial charge on any atom is -0.510 e. The predicted octanol–water partition coefficient (Wildman–Crippen LogP) is 5.51. The zero-order valence-corrected chi connectivity index (χ0v) is 32.6. The van der Waals surface area contributed by atoms with E-state index in [2.05, 4.69) is 86.6 Å². The number of allylic oxidation sites excluding steroid dienone is 2. The van der Waals surface area contributed by atoms with Crippen molar-refractivity contribution in [1.29, 1.82) is 0 Å². The zero-order chi connectivity index (χ0) is 38.1. The highest BCUT2D eigenvalue weighted by Gasteiger charge is 2.47. The Bertz CT molecular complexity index is 2260. The lowest BCUT2D eigenvalue weighted by atomic mass is 9.80. The van der Waals surface area contributed by atoms with Crippen LogP contribution in [0.4, 0.5) is 0 Å². The molecule has 1 aliphatic carbocycles. The molecular formula is C44H56N4O5. The maximum Gasteiger partial charge on any atom is 0.320 e. The highest BCUT2D eigenvalue weighted by atomic mass is 16.5. The average molecular weight is 721 g/mol. The second kappa shape index (κ2) is 15.6. The number of aromatic nitrogens is 3. The molecule has 6 rings (SSSR count). The molecule has 282 valence electrons. The summed E-state index contributed by atoms with van der Waals surface area (Å²) < 4.78 is 11.0. The Labute approximate surface area is 312 Å². The molecule has 0 saturated carbocycles. The molecule has 53 heavy (non-hydrogen) atoms. The first-order chi connectivity index (χ1) is 25.4. The molecule has 0 radical (unpaired) electrons. The van der Waals surface area contributed by atoms with Crippen LogP contribution < -0.4 is 26.6 Å². The first-order valence-electron chi connectivity index (χ1n) is 19.2. The van der Waals surface area contributed by atoms with E-state index in [4.69, 9.17) is 9.47 Å². The van der Waals surface area contributed by atoms with E-state index >= 15 is 0 Å². The van der Waals surface area contributed by atoms with Crippen LogP contribution in [-0.2, 0) is 25.5 Å². The van der Waals surface area contributed by atoms with Gasteiger partial charge in [-0.1, -0.05) is 51.8 Å². The number of fused-ring (bicyclic) bond motifs is 8. The smallest absolute Gasteiger partial charge is 0.320 e. The molecule has 3 aromatic rings. The fourth-order valence-corrected chi connectivity index (χ4v) is 8.67. The highest BCUT2D eigenvalue weighted by molar-refractivity contribution is 5.95. The van der Waals surface area contributed by atoms with Gasteiger partial charge in [-0.3, -0.25) is 9.59 Å². The third-order valence-electron chi connectivity index (χ3n) is 11.9. The summed E-state index contributed by atoms with van der Waals surface area (Å²) in [7, 11) is 1.35. The summed E-state index contributed by atoms with van der Waals surface area (Å²) in [4.78, 5) is 37.7. The van der Waals surface area contributed by atoms with Gasteiger partial charge in [-0.25, -0.2) is 0 Å². The Morgan fingerprint density at radius 1 is 0.943 bits per heavy atom. The molecule has 0 spiro atoms. The van der Waals surface area contributed by atoms with Crippen LogP contribution in [0, 0.1) is 38.5 Å². The van der Waals surface area contributed by atoms with E-state index in [1.165, 1.54) is 36.7 Å². The van der Waals surface area contributed by atoms with Gasteiger partial charge in [-0.05, 0) is 111 Å². The van der Waals surface area contributed by atoms with Gasteiger partial charge in [-0.2, -0.15) is 0 Å². The van der Waals surface area contributed by atoms with Crippen LogP contribution in [0.3, 0.4) is 0 Å². The third kappa shape index (κ3) is 6.98. The summed E-state index contributed by atoms with van der Waals surface area (Å²) in [5.74, 6) is -1.91. The van der Waals surface area contributed by atoms with Crippen molar-refractivity contribution in [2.45, 2.75) is 99.5 Å². The highest BCUT2D eigenvalue weighted by Crippen LogP contribution is 2.42. The molecule has 5 N–H and O–H groups in total. The Hall–Kier alpha value is -4.92.